The Balaban J connectivity index is 1.69. The molecule has 4 aromatic rings. The average Bonchev–Trinajstić information content (AvgIpc) is 3.40. The van der Waals surface area contributed by atoms with Crippen LogP contribution in [0, 0.1) is 41.4 Å². The van der Waals surface area contributed by atoms with Gasteiger partial charge in [0.05, 0.1) is 7.11 Å². The monoisotopic (exact) mass is 879 g/mol. The van der Waals surface area contributed by atoms with E-state index in [-0.39, 0.29) is 54.5 Å². The third-order valence-corrected chi connectivity index (χ3v) is 23.4. The summed E-state index contributed by atoms with van der Waals surface area (Å²) in [5.74, 6) is 1.94. The molecule has 62 heavy (non-hydrogen) atoms. The van der Waals surface area contributed by atoms with Crippen molar-refractivity contribution in [2.45, 2.75) is 105 Å². The van der Waals surface area contributed by atoms with Crippen LogP contribution in [0.15, 0.2) is 139 Å². The molecule has 1 aliphatic rings. The molecule has 0 spiro atoms. The third-order valence-electron chi connectivity index (χ3n) is 14.7. The zero-order valence-electron chi connectivity index (χ0n) is 40.0. The summed E-state index contributed by atoms with van der Waals surface area (Å²) in [6.07, 6.45) is 9.87. The van der Waals surface area contributed by atoms with Gasteiger partial charge in [0.15, 0.2) is 0 Å². The first kappa shape index (κ1) is 49.7. The van der Waals surface area contributed by atoms with Crippen molar-refractivity contribution in [1.29, 1.82) is 0 Å². The summed E-state index contributed by atoms with van der Waals surface area (Å²) in [5.41, 5.74) is 2.52. The standard InChI is InChI=1S/C55H79O5PSi/c1-13-14-24-41(3)53(59-37-45-31-33-46(58-10)34-32-45)44(6)51-42(4)35-40(2)36-50(52(51)55(7,8)62(11,12)56)54(60-39-57-9)43(5)38-61(47-25-18-15-19-26-47,48-27-20-16-21-28-48)49-29-22-17-23-30-49/h14-34,36,41-44,50-54,56,61H,13,35,37-39H2,1-12H3/b24-14-/t41?,42-,43?,44-,50+,51+,52?,53-,54-/m0/s1. The van der Waals surface area contributed by atoms with E-state index in [9.17, 15) is 4.80 Å². The van der Waals surface area contributed by atoms with E-state index in [1.165, 1.54) is 21.5 Å². The number of hydrogen-bond donors (Lipinski definition) is 1. The summed E-state index contributed by atoms with van der Waals surface area (Å²) in [6, 6.07) is 42.0. The van der Waals surface area contributed by atoms with Crippen LogP contribution in [0.3, 0.4) is 0 Å². The minimum absolute atomic E-state index is 0.00391. The molecule has 0 saturated carbocycles. The summed E-state index contributed by atoms with van der Waals surface area (Å²) in [6.45, 7) is 23.9. The van der Waals surface area contributed by atoms with Crippen LogP contribution in [-0.4, -0.2) is 52.5 Å². The number of methoxy groups -OCH3 is 2. The van der Waals surface area contributed by atoms with E-state index in [1.807, 2.05) is 12.1 Å². The average molecular weight is 879 g/mol. The van der Waals surface area contributed by atoms with Gasteiger partial charge >= 0.3 is 343 Å². The molecule has 7 heteroatoms. The number of ether oxygens (including phenoxy) is 4. The van der Waals surface area contributed by atoms with Gasteiger partial charge in [0.1, 0.15) is 5.75 Å². The van der Waals surface area contributed by atoms with Crippen LogP contribution < -0.4 is 20.7 Å². The van der Waals surface area contributed by atoms with Crippen LogP contribution in [0.25, 0.3) is 0 Å². The molecule has 0 heterocycles. The van der Waals surface area contributed by atoms with E-state index in [1.54, 1.807) is 14.2 Å². The normalized spacial score (nSPS) is 21.7. The summed E-state index contributed by atoms with van der Waals surface area (Å²) in [7, 11) is -2.04. The fraction of sp³-hybridized carbons (Fsp3) is 0.491. The maximum atomic E-state index is 12.6. The number of hydrogen-bond acceptors (Lipinski definition) is 5. The van der Waals surface area contributed by atoms with Gasteiger partial charge in [-0.1, -0.05) is 6.92 Å². The molecule has 0 aromatic heterocycles. The Morgan fingerprint density at radius 1 is 0.806 bits per heavy atom. The molecule has 0 radical (unpaired) electrons. The second kappa shape index (κ2) is 22.5. The van der Waals surface area contributed by atoms with Gasteiger partial charge < -0.3 is 4.74 Å². The minimum atomic E-state index is -2.83. The van der Waals surface area contributed by atoms with Crippen LogP contribution in [0.5, 0.6) is 5.75 Å². The molecule has 4 aromatic carbocycles. The molecule has 1 N–H and O–H groups in total. The van der Waals surface area contributed by atoms with Gasteiger partial charge in [-0.05, 0) is 12.1 Å². The Kier molecular flexibility index (Phi) is 18.0. The molecule has 0 bridgehead atoms. The molecule has 5 nitrogen and oxygen atoms in total. The van der Waals surface area contributed by atoms with Crippen molar-refractivity contribution in [2.75, 3.05) is 27.2 Å². The van der Waals surface area contributed by atoms with Crippen molar-refractivity contribution in [3.8, 4) is 5.75 Å². The molecule has 9 atom stereocenters. The van der Waals surface area contributed by atoms with Gasteiger partial charge in [-0.25, -0.2) is 0 Å². The summed E-state index contributed by atoms with van der Waals surface area (Å²) in [4.78, 5) is 12.6. The molecule has 5 rings (SSSR count). The van der Waals surface area contributed by atoms with Gasteiger partial charge in [-0.3, -0.25) is 0 Å². The summed E-state index contributed by atoms with van der Waals surface area (Å²) >= 11 is 0. The molecule has 0 aliphatic heterocycles. The quantitative estimate of drug-likeness (QED) is 0.0391. The second-order valence-corrected chi connectivity index (χ2v) is 27.9. The Bertz CT molecular complexity index is 1880. The van der Waals surface area contributed by atoms with E-state index in [0.717, 1.165) is 30.3 Å². The fourth-order valence-corrected chi connectivity index (χ4v) is 17.5. The second-order valence-electron chi connectivity index (χ2n) is 19.6. The van der Waals surface area contributed by atoms with E-state index in [0.29, 0.717) is 12.5 Å². The van der Waals surface area contributed by atoms with E-state index < -0.39 is 20.6 Å². The van der Waals surface area contributed by atoms with E-state index >= 15 is 0 Å². The predicted molar refractivity (Wildman–Crippen MR) is 268 cm³/mol. The molecule has 0 fully saturated rings. The van der Waals surface area contributed by atoms with E-state index in [2.05, 4.69) is 190 Å². The van der Waals surface area contributed by atoms with Crippen molar-refractivity contribution in [3.63, 3.8) is 0 Å². The van der Waals surface area contributed by atoms with Crippen LogP contribution >= 0.6 is 7.26 Å². The zero-order valence-corrected chi connectivity index (χ0v) is 42.0. The van der Waals surface area contributed by atoms with Crippen LogP contribution in [0.4, 0.5) is 0 Å². The van der Waals surface area contributed by atoms with Crippen LogP contribution in [0.2, 0.25) is 18.1 Å². The number of benzene rings is 4. The number of allylic oxidation sites excluding steroid dienone is 2. The van der Waals surface area contributed by atoms with Crippen molar-refractivity contribution < 1.29 is 23.7 Å². The van der Waals surface area contributed by atoms with Gasteiger partial charge in [0.25, 0.3) is 0 Å². The van der Waals surface area contributed by atoms with Crippen molar-refractivity contribution >= 4 is 31.5 Å². The third kappa shape index (κ3) is 11.5. The molecule has 338 valence electrons. The molecular weight excluding hydrogens is 800 g/mol. The topological polar surface area (TPSA) is 57.2 Å². The number of rotatable bonds is 21. The Morgan fingerprint density at radius 2 is 1.34 bits per heavy atom. The first-order valence-corrected chi connectivity index (χ1v) is 28.3. The zero-order chi connectivity index (χ0) is 45.1. The maximum absolute atomic E-state index is 12.6. The predicted octanol–water partition coefficient (Wildman–Crippen LogP) is 12.0. The first-order chi connectivity index (χ1) is 29.6. The van der Waals surface area contributed by atoms with Gasteiger partial charge in [0.2, 0.25) is 0 Å². The molecule has 1 aliphatic carbocycles. The molecule has 0 amide bonds. The van der Waals surface area contributed by atoms with Crippen LogP contribution in [-0.2, 0) is 20.8 Å². The van der Waals surface area contributed by atoms with Crippen molar-refractivity contribution in [3.05, 3.63) is 145 Å². The summed E-state index contributed by atoms with van der Waals surface area (Å²) < 4.78 is 25.6. The van der Waals surface area contributed by atoms with Gasteiger partial charge in [0, 0.05) is 0 Å². The Morgan fingerprint density at radius 3 is 1.81 bits per heavy atom. The van der Waals surface area contributed by atoms with Crippen LogP contribution in [0.1, 0.15) is 73.8 Å². The first-order valence-electron chi connectivity index (χ1n) is 23.2. The Labute approximate surface area is 377 Å². The Hall–Kier alpha value is -3.35. The molecule has 3 unspecified atom stereocenters. The fourth-order valence-electron chi connectivity index (χ4n) is 11.1. The SMILES string of the molecule is CC/C=C\C(C)[C@H](OCc1ccc(OC)cc1)[C@@H](C)[C@@H]1C(C(C)(C)[Si](C)(C)O)[C@H]([C@@H](OCOC)C(C)C[PH](c2ccccc2)(c2ccccc2)c2ccccc2)C=C(C)C[C@@H]1C. The van der Waals surface area contributed by atoms with Crippen molar-refractivity contribution in [1.82, 2.24) is 0 Å². The van der Waals surface area contributed by atoms with E-state index in [4.69, 9.17) is 18.9 Å². The van der Waals surface area contributed by atoms with Crippen molar-refractivity contribution in [2.24, 2.45) is 41.4 Å². The summed E-state index contributed by atoms with van der Waals surface area (Å²) in [5, 5.41) is 3.80. The molecular formula is C55H79O5PSi. The van der Waals surface area contributed by atoms with Gasteiger partial charge in [-0.15, -0.1) is 0 Å². The molecule has 0 saturated heterocycles. The van der Waals surface area contributed by atoms with Gasteiger partial charge in [-0.2, -0.15) is 0 Å².